The molecule has 0 aromatic heterocycles. The van der Waals surface area contributed by atoms with Gasteiger partial charge in [0.05, 0.1) is 0 Å². The van der Waals surface area contributed by atoms with Gasteiger partial charge in [-0.3, -0.25) is 0 Å². The van der Waals surface area contributed by atoms with Crippen LogP contribution in [-0.2, 0) is 0 Å². The van der Waals surface area contributed by atoms with Gasteiger partial charge in [0.25, 0.3) is 0 Å². The second kappa shape index (κ2) is 7.05. The van der Waals surface area contributed by atoms with Crippen molar-refractivity contribution in [2.45, 2.75) is 34.1 Å². The van der Waals surface area contributed by atoms with Crippen molar-refractivity contribution >= 4 is 11.1 Å². The lowest BCUT2D eigenvalue weighted by molar-refractivity contribution is 1.09. The maximum atomic E-state index is 3.93. The lowest BCUT2D eigenvalue weighted by Gasteiger charge is -2.07. The molecule has 1 aromatic carbocycles. The minimum atomic E-state index is 1.09. The van der Waals surface area contributed by atoms with Crippen molar-refractivity contribution < 1.29 is 0 Å². The summed E-state index contributed by atoms with van der Waals surface area (Å²) in [5, 5.41) is 0. The second-order valence-corrected chi connectivity index (χ2v) is 3.81. The van der Waals surface area contributed by atoms with Crippen LogP contribution in [-0.4, -0.2) is 0 Å². The van der Waals surface area contributed by atoms with Gasteiger partial charge in [0.1, 0.15) is 0 Å². The summed E-state index contributed by atoms with van der Waals surface area (Å²) < 4.78 is 0. The van der Waals surface area contributed by atoms with Crippen LogP contribution in [0, 0.1) is 0 Å². The molecule has 0 aliphatic carbocycles. The first-order chi connectivity index (χ1) is 7.04. The van der Waals surface area contributed by atoms with E-state index in [1.165, 1.54) is 17.5 Å². The van der Waals surface area contributed by atoms with Crippen LogP contribution in [0.3, 0.4) is 0 Å². The first-order valence-electron chi connectivity index (χ1n) is 5.45. The Morgan fingerprint density at radius 1 is 0.933 bits per heavy atom. The highest BCUT2D eigenvalue weighted by Gasteiger charge is 2.00. The van der Waals surface area contributed by atoms with Crippen LogP contribution in [0.15, 0.2) is 37.4 Å². The average molecular weight is 202 g/mol. The third-order valence-corrected chi connectivity index (χ3v) is 1.85. The first-order valence-corrected chi connectivity index (χ1v) is 5.45. The summed E-state index contributed by atoms with van der Waals surface area (Å²) in [6.07, 6.45) is 1.25. The van der Waals surface area contributed by atoms with Crippen LogP contribution in [0.4, 0.5) is 0 Å². The maximum Gasteiger partial charge on any atom is -0.0158 e. The number of hydrogen-bond acceptors (Lipinski definition) is 0. The Bertz CT molecular complexity index is 299. The Balaban J connectivity index is 0.000000583. The summed E-state index contributed by atoms with van der Waals surface area (Å²) in [5.41, 5.74) is 4.58. The molecule has 0 N–H and O–H groups in total. The van der Waals surface area contributed by atoms with Gasteiger partial charge in [0, 0.05) is 0 Å². The highest BCUT2D eigenvalue weighted by Crippen LogP contribution is 2.22. The van der Waals surface area contributed by atoms with Crippen molar-refractivity contribution in [2.75, 3.05) is 0 Å². The van der Waals surface area contributed by atoms with Crippen molar-refractivity contribution in [1.82, 2.24) is 0 Å². The largest absolute Gasteiger partial charge is 0.0955 e. The van der Waals surface area contributed by atoms with Crippen LogP contribution in [0.1, 0.15) is 45.2 Å². The number of hydrogen-bond donors (Lipinski definition) is 0. The Kier molecular flexibility index (Phi) is 6.44. The van der Waals surface area contributed by atoms with E-state index in [2.05, 4.69) is 39.1 Å². The van der Waals surface area contributed by atoms with Crippen molar-refractivity contribution in [3.63, 3.8) is 0 Å². The molecule has 0 spiro atoms. The predicted molar refractivity (Wildman–Crippen MR) is 71.8 cm³/mol. The van der Waals surface area contributed by atoms with E-state index in [9.17, 15) is 0 Å². The van der Waals surface area contributed by atoms with Gasteiger partial charge in [-0.05, 0) is 25.0 Å². The molecule has 1 rings (SSSR count). The van der Waals surface area contributed by atoms with E-state index in [4.69, 9.17) is 0 Å². The minimum absolute atomic E-state index is 1.09. The summed E-state index contributed by atoms with van der Waals surface area (Å²) >= 11 is 0. The molecule has 0 radical (unpaired) electrons. The number of allylic oxidation sites excluding steroid dienone is 2. The zero-order valence-corrected chi connectivity index (χ0v) is 10.4. The molecule has 0 bridgehead atoms. The molecule has 0 unspecified atom stereocenters. The molecule has 0 atom stereocenters. The molecule has 0 fully saturated rings. The molecule has 0 amide bonds. The molecule has 15 heavy (non-hydrogen) atoms. The van der Waals surface area contributed by atoms with Crippen LogP contribution in [0.25, 0.3) is 11.1 Å². The Labute approximate surface area is 94.3 Å². The normalized spacial score (nSPS) is 8.80. The lowest BCUT2D eigenvalue weighted by Crippen LogP contribution is -1.86. The van der Waals surface area contributed by atoms with Crippen LogP contribution in [0.5, 0.6) is 0 Å². The van der Waals surface area contributed by atoms with E-state index >= 15 is 0 Å². The molecule has 82 valence electrons. The van der Waals surface area contributed by atoms with Crippen molar-refractivity contribution in [2.24, 2.45) is 0 Å². The molecule has 0 aliphatic rings. The third kappa shape index (κ3) is 4.64. The summed E-state index contributed by atoms with van der Waals surface area (Å²) in [6, 6.07) is 8.20. The zero-order valence-electron chi connectivity index (χ0n) is 10.4. The fraction of sp³-hybridized carbons (Fsp3) is 0.333. The summed E-state index contributed by atoms with van der Waals surface area (Å²) in [7, 11) is 0. The fourth-order valence-electron chi connectivity index (χ4n) is 1.23. The van der Waals surface area contributed by atoms with E-state index in [-0.39, 0.29) is 0 Å². The van der Waals surface area contributed by atoms with E-state index in [0.717, 1.165) is 11.1 Å². The van der Waals surface area contributed by atoms with Gasteiger partial charge >= 0.3 is 0 Å². The summed E-state index contributed by atoms with van der Waals surface area (Å²) in [5.74, 6) is 0. The third-order valence-electron chi connectivity index (χ3n) is 1.85. The van der Waals surface area contributed by atoms with Gasteiger partial charge in [0.2, 0.25) is 0 Å². The molecule has 0 heterocycles. The number of benzene rings is 1. The van der Waals surface area contributed by atoms with Gasteiger partial charge in [-0.25, -0.2) is 0 Å². The molecular weight excluding hydrogens is 180 g/mol. The van der Waals surface area contributed by atoms with Crippen molar-refractivity contribution in [3.8, 4) is 0 Å². The van der Waals surface area contributed by atoms with Gasteiger partial charge in [0.15, 0.2) is 0 Å². The highest BCUT2D eigenvalue weighted by molar-refractivity contribution is 5.76. The molecule has 0 nitrogen and oxygen atoms in total. The molecule has 0 aliphatic heterocycles. The highest BCUT2D eigenvalue weighted by atomic mass is 14.1. The van der Waals surface area contributed by atoms with Gasteiger partial charge in [-0.15, -0.1) is 0 Å². The minimum Gasteiger partial charge on any atom is -0.0955 e. The van der Waals surface area contributed by atoms with Gasteiger partial charge < -0.3 is 0 Å². The van der Waals surface area contributed by atoms with Gasteiger partial charge in [-0.1, -0.05) is 68.8 Å². The quantitative estimate of drug-likeness (QED) is 0.620. The first kappa shape index (κ1) is 13.7. The van der Waals surface area contributed by atoms with Gasteiger partial charge in [-0.2, -0.15) is 0 Å². The van der Waals surface area contributed by atoms with E-state index < -0.39 is 0 Å². The molecule has 0 saturated carbocycles. The standard InChI is InChI=1S/C12H14.C3H8/c1-9(2)11-7-5-6-8-12(11)10(3)4;1-3-2/h5-8H,1,3H2,2,4H3;3H2,1-2H3. The Morgan fingerprint density at radius 2 is 1.20 bits per heavy atom. The van der Waals surface area contributed by atoms with E-state index in [1.807, 2.05) is 26.0 Å². The topological polar surface area (TPSA) is 0 Å². The van der Waals surface area contributed by atoms with E-state index in [0.29, 0.717) is 0 Å². The van der Waals surface area contributed by atoms with Crippen molar-refractivity contribution in [1.29, 1.82) is 0 Å². The number of rotatable bonds is 2. The average Bonchev–Trinajstić information content (AvgIpc) is 2.19. The summed E-state index contributed by atoms with van der Waals surface area (Å²) in [6.45, 7) is 16.1. The zero-order chi connectivity index (χ0) is 11.8. The predicted octanol–water partition coefficient (Wildman–Crippen LogP) is 5.17. The molecule has 0 saturated heterocycles. The second-order valence-electron chi connectivity index (χ2n) is 3.81. The van der Waals surface area contributed by atoms with Crippen LogP contribution in [0.2, 0.25) is 0 Å². The van der Waals surface area contributed by atoms with Crippen LogP contribution >= 0.6 is 0 Å². The lowest BCUT2D eigenvalue weighted by atomic mass is 9.98. The molecule has 0 heteroatoms. The Morgan fingerprint density at radius 3 is 1.40 bits per heavy atom. The molecule has 1 aromatic rings. The Hall–Kier alpha value is -1.30. The fourth-order valence-corrected chi connectivity index (χ4v) is 1.23. The van der Waals surface area contributed by atoms with E-state index in [1.54, 1.807) is 0 Å². The smallest absolute Gasteiger partial charge is 0.0158 e. The summed E-state index contributed by atoms with van der Waals surface area (Å²) in [4.78, 5) is 0. The SMILES string of the molecule is C=C(C)c1ccccc1C(=C)C.CCC. The van der Waals surface area contributed by atoms with Crippen LogP contribution < -0.4 is 0 Å². The molecular formula is C15H22. The van der Waals surface area contributed by atoms with Crippen molar-refractivity contribution in [3.05, 3.63) is 48.6 Å². The monoisotopic (exact) mass is 202 g/mol. The maximum absolute atomic E-state index is 3.93.